The summed E-state index contributed by atoms with van der Waals surface area (Å²) in [6.07, 6.45) is 1.01. The van der Waals surface area contributed by atoms with E-state index in [0.717, 1.165) is 17.0 Å². The van der Waals surface area contributed by atoms with Gasteiger partial charge in [-0.15, -0.1) is 0 Å². The van der Waals surface area contributed by atoms with Crippen molar-refractivity contribution < 1.29 is 14.7 Å². The second kappa shape index (κ2) is 7.11. The van der Waals surface area contributed by atoms with Gasteiger partial charge in [-0.1, -0.05) is 24.2 Å². The average Bonchev–Trinajstić information content (AvgIpc) is 2.47. The minimum Gasteiger partial charge on any atom is -0.493 e. The van der Waals surface area contributed by atoms with Crippen molar-refractivity contribution in [2.45, 2.75) is 26.7 Å². The van der Waals surface area contributed by atoms with Crippen LogP contribution in [0.5, 0.6) is 5.75 Å². The number of likely N-dealkylation sites (tertiary alicyclic amines) is 1. The first kappa shape index (κ1) is 15.4. The lowest BCUT2D eigenvalue weighted by Gasteiger charge is -2.31. The van der Waals surface area contributed by atoms with E-state index in [1.807, 2.05) is 43.0 Å². The van der Waals surface area contributed by atoms with Crippen LogP contribution in [0.1, 0.15) is 25.3 Å². The third-order valence-electron chi connectivity index (χ3n) is 3.76. The molecule has 0 aliphatic carbocycles. The van der Waals surface area contributed by atoms with Gasteiger partial charge in [-0.05, 0) is 24.6 Å². The lowest BCUT2D eigenvalue weighted by Crippen LogP contribution is -2.43. The van der Waals surface area contributed by atoms with Crippen LogP contribution in [0.3, 0.4) is 0 Å². The number of carbonyl (C=O) groups is 1. The highest BCUT2D eigenvalue weighted by Crippen LogP contribution is 2.16. The number of benzene rings is 1. The number of piperidine rings is 1. The molecule has 0 bridgehead atoms. The van der Waals surface area contributed by atoms with Crippen LogP contribution in [0.25, 0.3) is 0 Å². The summed E-state index contributed by atoms with van der Waals surface area (Å²) in [5.74, 6) is 1.00. The molecule has 0 radical (unpaired) electrons. The predicted octanol–water partition coefficient (Wildman–Crippen LogP) is 2.46. The molecule has 1 aliphatic rings. The second-order valence-electron chi connectivity index (χ2n) is 5.50. The zero-order valence-corrected chi connectivity index (χ0v) is 12.6. The van der Waals surface area contributed by atoms with Gasteiger partial charge in [0.2, 0.25) is 5.91 Å². The van der Waals surface area contributed by atoms with Crippen molar-refractivity contribution in [3.8, 4) is 5.75 Å². The van der Waals surface area contributed by atoms with E-state index in [1.54, 1.807) is 0 Å². The van der Waals surface area contributed by atoms with Crippen LogP contribution in [0.4, 0.5) is 0 Å². The maximum Gasteiger partial charge on any atom is 0.226 e. The predicted molar refractivity (Wildman–Crippen MR) is 80.9 cm³/mol. The quantitative estimate of drug-likeness (QED) is 0.684. The number of hydrogen-bond acceptors (Lipinski definition) is 4. The molecular formula is C16H22N2O3. The highest BCUT2D eigenvalue weighted by molar-refractivity contribution is 5.89. The third kappa shape index (κ3) is 4.21. The van der Waals surface area contributed by atoms with E-state index < -0.39 is 0 Å². The highest BCUT2D eigenvalue weighted by Gasteiger charge is 2.25. The van der Waals surface area contributed by atoms with Gasteiger partial charge in [-0.25, -0.2) is 0 Å². The monoisotopic (exact) mass is 290 g/mol. The van der Waals surface area contributed by atoms with Crippen molar-refractivity contribution in [3.63, 3.8) is 0 Å². The molecule has 0 aromatic heterocycles. The van der Waals surface area contributed by atoms with Gasteiger partial charge in [0.05, 0.1) is 18.7 Å². The molecule has 0 saturated carbocycles. The van der Waals surface area contributed by atoms with Gasteiger partial charge in [0.25, 0.3) is 0 Å². The molecule has 1 aromatic rings. The molecule has 1 saturated heterocycles. The summed E-state index contributed by atoms with van der Waals surface area (Å²) >= 11 is 0. The van der Waals surface area contributed by atoms with Crippen molar-refractivity contribution in [3.05, 3.63) is 29.8 Å². The Balaban J connectivity index is 1.77. The maximum atomic E-state index is 12.1. The van der Waals surface area contributed by atoms with Crippen LogP contribution in [-0.2, 0) is 4.79 Å². The number of oxime groups is 1. The number of rotatable bonds is 4. The first-order valence-corrected chi connectivity index (χ1v) is 7.28. The van der Waals surface area contributed by atoms with Gasteiger partial charge in [0.1, 0.15) is 5.75 Å². The largest absolute Gasteiger partial charge is 0.493 e. The van der Waals surface area contributed by atoms with E-state index >= 15 is 0 Å². The molecule has 1 heterocycles. The summed E-state index contributed by atoms with van der Waals surface area (Å²) in [6, 6.07) is 7.80. The normalized spacial score (nSPS) is 20.6. The van der Waals surface area contributed by atoms with Crippen LogP contribution in [0.2, 0.25) is 0 Å². The Morgan fingerprint density at radius 2 is 2.33 bits per heavy atom. The fourth-order valence-corrected chi connectivity index (χ4v) is 2.52. The van der Waals surface area contributed by atoms with Gasteiger partial charge in [-0.2, -0.15) is 0 Å². The smallest absolute Gasteiger partial charge is 0.226 e. The van der Waals surface area contributed by atoms with Gasteiger partial charge in [0, 0.05) is 25.4 Å². The Kier molecular flexibility index (Phi) is 5.20. The van der Waals surface area contributed by atoms with Gasteiger partial charge in [0.15, 0.2) is 0 Å². The Morgan fingerprint density at radius 1 is 1.52 bits per heavy atom. The zero-order valence-electron chi connectivity index (χ0n) is 12.6. The molecule has 1 N–H and O–H groups in total. The van der Waals surface area contributed by atoms with Gasteiger partial charge >= 0.3 is 0 Å². The van der Waals surface area contributed by atoms with Crippen LogP contribution in [0.15, 0.2) is 29.4 Å². The third-order valence-corrected chi connectivity index (χ3v) is 3.76. The molecule has 1 aromatic carbocycles. The van der Waals surface area contributed by atoms with E-state index in [2.05, 4.69) is 5.16 Å². The van der Waals surface area contributed by atoms with Crippen molar-refractivity contribution >= 4 is 11.6 Å². The molecule has 2 rings (SSSR count). The Bertz CT molecular complexity index is 528. The molecule has 5 nitrogen and oxygen atoms in total. The van der Waals surface area contributed by atoms with E-state index in [4.69, 9.17) is 9.94 Å². The van der Waals surface area contributed by atoms with Crippen LogP contribution in [0, 0.1) is 12.8 Å². The molecule has 21 heavy (non-hydrogen) atoms. The topological polar surface area (TPSA) is 62.1 Å². The average molecular weight is 290 g/mol. The van der Waals surface area contributed by atoms with Gasteiger partial charge in [-0.3, -0.25) is 4.79 Å². The number of ether oxygens (including phenoxy) is 1. The van der Waals surface area contributed by atoms with E-state index in [9.17, 15) is 4.79 Å². The Hall–Kier alpha value is -2.04. The van der Waals surface area contributed by atoms with Crippen molar-refractivity contribution in [2.24, 2.45) is 11.1 Å². The van der Waals surface area contributed by atoms with Crippen molar-refractivity contribution in [1.29, 1.82) is 0 Å². The molecule has 114 valence electrons. The maximum absolute atomic E-state index is 12.1. The Morgan fingerprint density at radius 3 is 3.00 bits per heavy atom. The number of amides is 1. The number of nitrogens with zero attached hydrogens (tertiary/aromatic N) is 2. The molecule has 1 fully saturated rings. The summed E-state index contributed by atoms with van der Waals surface area (Å²) in [7, 11) is 0. The lowest BCUT2D eigenvalue weighted by molar-refractivity contribution is -0.132. The number of hydrogen-bond donors (Lipinski definition) is 1. The van der Waals surface area contributed by atoms with Crippen LogP contribution < -0.4 is 4.74 Å². The molecule has 5 heteroatoms. The summed E-state index contributed by atoms with van der Waals surface area (Å²) in [5.41, 5.74) is 1.91. The fourth-order valence-electron chi connectivity index (χ4n) is 2.52. The standard InChI is InChI=1S/C16H22N2O3/c1-12-4-3-5-14(10-12)21-9-7-16(19)18-8-6-15(17-20)13(2)11-18/h3-5,10,13,20H,6-9,11H2,1-2H3/b17-15+. The molecule has 1 amide bonds. The van der Waals surface area contributed by atoms with Crippen molar-refractivity contribution in [2.75, 3.05) is 19.7 Å². The van der Waals surface area contributed by atoms with Crippen LogP contribution in [-0.4, -0.2) is 41.4 Å². The highest BCUT2D eigenvalue weighted by atomic mass is 16.5. The SMILES string of the molecule is Cc1cccc(OCCC(=O)N2CC/C(=N\O)C(C)C2)c1. The summed E-state index contributed by atoms with van der Waals surface area (Å²) in [4.78, 5) is 14.0. The summed E-state index contributed by atoms with van der Waals surface area (Å²) in [6.45, 7) is 5.59. The Labute approximate surface area is 125 Å². The number of carbonyl (C=O) groups excluding carboxylic acids is 1. The van der Waals surface area contributed by atoms with Gasteiger partial charge < -0.3 is 14.8 Å². The molecular weight excluding hydrogens is 268 g/mol. The van der Waals surface area contributed by atoms with E-state index in [-0.39, 0.29) is 11.8 Å². The van der Waals surface area contributed by atoms with Crippen LogP contribution >= 0.6 is 0 Å². The minimum absolute atomic E-state index is 0.0893. The number of aryl methyl sites for hydroxylation is 1. The zero-order chi connectivity index (χ0) is 15.2. The fraction of sp³-hybridized carbons (Fsp3) is 0.500. The first-order valence-electron chi connectivity index (χ1n) is 7.28. The molecule has 1 atom stereocenters. The lowest BCUT2D eigenvalue weighted by atomic mass is 9.97. The second-order valence-corrected chi connectivity index (χ2v) is 5.50. The molecule has 1 unspecified atom stereocenters. The summed E-state index contributed by atoms with van der Waals surface area (Å²) in [5, 5.41) is 12.1. The van der Waals surface area contributed by atoms with E-state index in [1.165, 1.54) is 0 Å². The molecule has 1 aliphatic heterocycles. The first-order chi connectivity index (χ1) is 10.1. The van der Waals surface area contributed by atoms with E-state index in [0.29, 0.717) is 32.5 Å². The minimum atomic E-state index is 0.0893. The molecule has 0 spiro atoms. The van der Waals surface area contributed by atoms with Crippen molar-refractivity contribution in [1.82, 2.24) is 4.90 Å². The summed E-state index contributed by atoms with van der Waals surface area (Å²) < 4.78 is 5.61.